The summed E-state index contributed by atoms with van der Waals surface area (Å²) in [5.74, 6) is 0.163. The normalized spacial score (nSPS) is 10.2. The molecule has 0 aliphatic carbocycles. The van der Waals surface area contributed by atoms with E-state index < -0.39 is 11.5 Å². The SMILES string of the molecule is COc1ccc(Cc2nc(C(=O)O)cc(=O)[nH]2)cc1OC. The molecule has 0 aliphatic rings. The number of aromatic carboxylic acids is 1. The molecule has 2 N–H and O–H groups in total. The van der Waals surface area contributed by atoms with Gasteiger partial charge in [0.25, 0.3) is 5.56 Å². The van der Waals surface area contributed by atoms with Crippen molar-refractivity contribution in [2.75, 3.05) is 14.2 Å². The van der Waals surface area contributed by atoms with Crippen molar-refractivity contribution in [1.82, 2.24) is 9.97 Å². The molecule has 0 atom stereocenters. The minimum absolute atomic E-state index is 0.270. The van der Waals surface area contributed by atoms with E-state index in [0.717, 1.165) is 11.6 Å². The number of H-pyrrole nitrogens is 1. The van der Waals surface area contributed by atoms with Crippen LogP contribution in [0.3, 0.4) is 0 Å². The number of ether oxygens (including phenoxy) is 2. The van der Waals surface area contributed by atoms with Gasteiger partial charge < -0.3 is 19.6 Å². The highest BCUT2D eigenvalue weighted by atomic mass is 16.5. The van der Waals surface area contributed by atoms with Crippen LogP contribution in [0.5, 0.6) is 11.5 Å². The summed E-state index contributed by atoms with van der Waals surface area (Å²) in [5.41, 5.74) is 0.0189. The molecule has 21 heavy (non-hydrogen) atoms. The molecule has 2 rings (SSSR count). The first-order valence-electron chi connectivity index (χ1n) is 6.08. The Hall–Kier alpha value is -2.83. The smallest absolute Gasteiger partial charge is 0.354 e. The second kappa shape index (κ2) is 6.08. The number of methoxy groups -OCH3 is 2. The maximum absolute atomic E-state index is 11.4. The Bertz CT molecular complexity index is 724. The molecule has 7 heteroatoms. The number of hydrogen-bond donors (Lipinski definition) is 2. The second-order valence-electron chi connectivity index (χ2n) is 4.25. The average molecular weight is 290 g/mol. The first-order chi connectivity index (χ1) is 10.0. The largest absolute Gasteiger partial charge is 0.493 e. The Morgan fingerprint density at radius 2 is 1.95 bits per heavy atom. The number of rotatable bonds is 5. The van der Waals surface area contributed by atoms with Crippen molar-refractivity contribution in [1.29, 1.82) is 0 Å². The summed E-state index contributed by atoms with van der Waals surface area (Å²) in [5, 5.41) is 8.90. The Labute approximate surface area is 120 Å². The van der Waals surface area contributed by atoms with Crippen LogP contribution in [0, 0.1) is 0 Å². The number of carboxylic acid groups (broad SMARTS) is 1. The van der Waals surface area contributed by atoms with Gasteiger partial charge in [0.15, 0.2) is 17.2 Å². The van der Waals surface area contributed by atoms with E-state index in [2.05, 4.69) is 9.97 Å². The van der Waals surface area contributed by atoms with E-state index >= 15 is 0 Å². The molecule has 7 nitrogen and oxygen atoms in total. The van der Waals surface area contributed by atoms with Gasteiger partial charge in [-0.3, -0.25) is 4.79 Å². The molecule has 0 amide bonds. The topological polar surface area (TPSA) is 102 Å². The summed E-state index contributed by atoms with van der Waals surface area (Å²) in [4.78, 5) is 28.7. The first-order valence-corrected chi connectivity index (χ1v) is 6.08. The van der Waals surface area contributed by atoms with Gasteiger partial charge in [0, 0.05) is 12.5 Å². The van der Waals surface area contributed by atoms with Crippen LogP contribution in [0.2, 0.25) is 0 Å². The Morgan fingerprint density at radius 3 is 2.57 bits per heavy atom. The lowest BCUT2D eigenvalue weighted by Crippen LogP contribution is -2.15. The van der Waals surface area contributed by atoms with Crippen molar-refractivity contribution in [2.24, 2.45) is 0 Å². The van der Waals surface area contributed by atoms with E-state index in [1.54, 1.807) is 18.2 Å². The minimum atomic E-state index is -1.24. The monoisotopic (exact) mass is 290 g/mol. The number of aromatic amines is 1. The number of carbonyl (C=O) groups is 1. The fraction of sp³-hybridized carbons (Fsp3) is 0.214. The van der Waals surface area contributed by atoms with Crippen LogP contribution in [-0.4, -0.2) is 35.3 Å². The second-order valence-corrected chi connectivity index (χ2v) is 4.25. The quantitative estimate of drug-likeness (QED) is 0.854. The third-order valence-electron chi connectivity index (χ3n) is 2.83. The zero-order chi connectivity index (χ0) is 15.4. The highest BCUT2D eigenvalue weighted by molar-refractivity contribution is 5.85. The van der Waals surface area contributed by atoms with Crippen molar-refractivity contribution in [3.8, 4) is 11.5 Å². The van der Waals surface area contributed by atoms with Gasteiger partial charge in [-0.05, 0) is 17.7 Å². The molecular weight excluding hydrogens is 276 g/mol. The predicted octanol–water partition coefficient (Wildman–Crippen LogP) is 1.08. The number of nitrogens with one attached hydrogen (secondary N) is 1. The lowest BCUT2D eigenvalue weighted by Gasteiger charge is -2.09. The molecule has 0 radical (unpaired) electrons. The van der Waals surface area contributed by atoms with Gasteiger partial charge in [0.05, 0.1) is 14.2 Å². The molecule has 0 unspecified atom stereocenters. The van der Waals surface area contributed by atoms with Crippen LogP contribution < -0.4 is 15.0 Å². The summed E-state index contributed by atoms with van der Waals surface area (Å²) in [6.45, 7) is 0. The Kier molecular flexibility index (Phi) is 4.22. The van der Waals surface area contributed by atoms with Crippen molar-refractivity contribution < 1.29 is 19.4 Å². The predicted molar refractivity (Wildman–Crippen MR) is 74.2 cm³/mol. The van der Waals surface area contributed by atoms with Gasteiger partial charge in [-0.1, -0.05) is 6.07 Å². The molecule has 1 aromatic carbocycles. The van der Waals surface area contributed by atoms with Crippen molar-refractivity contribution in [3.63, 3.8) is 0 Å². The van der Waals surface area contributed by atoms with Crippen molar-refractivity contribution >= 4 is 5.97 Å². The summed E-state index contributed by atoms with van der Waals surface area (Å²) in [7, 11) is 3.06. The van der Waals surface area contributed by atoms with E-state index in [-0.39, 0.29) is 17.9 Å². The average Bonchev–Trinajstić information content (AvgIpc) is 2.46. The first kappa shape index (κ1) is 14.6. The van der Waals surface area contributed by atoms with E-state index in [1.165, 1.54) is 14.2 Å². The molecule has 1 heterocycles. The lowest BCUT2D eigenvalue weighted by atomic mass is 10.1. The lowest BCUT2D eigenvalue weighted by molar-refractivity contribution is 0.0689. The van der Waals surface area contributed by atoms with Gasteiger partial charge in [-0.2, -0.15) is 0 Å². The third-order valence-corrected chi connectivity index (χ3v) is 2.83. The Morgan fingerprint density at radius 1 is 1.24 bits per heavy atom. The number of carboxylic acids is 1. The zero-order valence-corrected chi connectivity index (χ0v) is 11.5. The fourth-order valence-corrected chi connectivity index (χ4v) is 1.89. The van der Waals surface area contributed by atoms with E-state index in [4.69, 9.17) is 14.6 Å². The standard InChI is InChI=1S/C14H14N2O5/c1-20-10-4-3-8(5-11(10)21-2)6-12-15-9(14(18)19)7-13(17)16-12/h3-5,7H,6H2,1-2H3,(H,18,19)(H,15,16,17). The van der Waals surface area contributed by atoms with Crippen LogP contribution >= 0.6 is 0 Å². The molecule has 0 bridgehead atoms. The van der Waals surface area contributed by atoms with Gasteiger partial charge in [-0.25, -0.2) is 9.78 Å². The molecule has 110 valence electrons. The van der Waals surface area contributed by atoms with E-state index in [0.29, 0.717) is 11.5 Å². The zero-order valence-electron chi connectivity index (χ0n) is 11.5. The molecule has 0 fully saturated rings. The van der Waals surface area contributed by atoms with Gasteiger partial charge >= 0.3 is 5.97 Å². The minimum Gasteiger partial charge on any atom is -0.493 e. The van der Waals surface area contributed by atoms with Gasteiger partial charge in [-0.15, -0.1) is 0 Å². The highest BCUT2D eigenvalue weighted by Gasteiger charge is 2.10. The van der Waals surface area contributed by atoms with Crippen LogP contribution in [-0.2, 0) is 6.42 Å². The fourth-order valence-electron chi connectivity index (χ4n) is 1.89. The van der Waals surface area contributed by atoms with E-state index in [9.17, 15) is 9.59 Å². The van der Waals surface area contributed by atoms with Crippen LogP contribution in [0.4, 0.5) is 0 Å². The maximum atomic E-state index is 11.4. The third kappa shape index (κ3) is 3.38. The number of nitrogens with zero attached hydrogens (tertiary/aromatic N) is 1. The molecule has 0 aliphatic heterocycles. The molecule has 0 saturated heterocycles. The highest BCUT2D eigenvalue weighted by Crippen LogP contribution is 2.28. The van der Waals surface area contributed by atoms with Gasteiger partial charge in [0.1, 0.15) is 5.82 Å². The number of hydrogen-bond acceptors (Lipinski definition) is 5. The molecule has 0 spiro atoms. The maximum Gasteiger partial charge on any atom is 0.354 e. The van der Waals surface area contributed by atoms with Crippen molar-refractivity contribution in [3.05, 3.63) is 51.7 Å². The summed E-state index contributed by atoms with van der Waals surface area (Å²) in [6, 6.07) is 6.20. The molecule has 1 aromatic heterocycles. The van der Waals surface area contributed by atoms with E-state index in [1.807, 2.05) is 0 Å². The van der Waals surface area contributed by atoms with Crippen LogP contribution in [0.15, 0.2) is 29.1 Å². The summed E-state index contributed by atoms with van der Waals surface area (Å²) < 4.78 is 10.3. The molecule has 0 saturated carbocycles. The Balaban J connectivity index is 2.34. The van der Waals surface area contributed by atoms with Crippen molar-refractivity contribution in [2.45, 2.75) is 6.42 Å². The van der Waals surface area contributed by atoms with Crippen LogP contribution in [0.25, 0.3) is 0 Å². The van der Waals surface area contributed by atoms with Gasteiger partial charge in [0.2, 0.25) is 0 Å². The molecule has 2 aromatic rings. The summed E-state index contributed by atoms with van der Waals surface area (Å²) in [6.07, 6.45) is 0.275. The number of benzene rings is 1. The summed E-state index contributed by atoms with van der Waals surface area (Å²) >= 11 is 0. The molecular formula is C14H14N2O5. The van der Waals surface area contributed by atoms with Crippen LogP contribution in [0.1, 0.15) is 21.9 Å². The number of aromatic nitrogens is 2.